The minimum Gasteiger partial charge on any atom is -0.480 e. The van der Waals surface area contributed by atoms with Gasteiger partial charge in [0.1, 0.15) is 5.82 Å². The lowest BCUT2D eigenvalue weighted by atomic mass is 10.3. The third-order valence-corrected chi connectivity index (χ3v) is 2.03. The summed E-state index contributed by atoms with van der Waals surface area (Å²) < 4.78 is 38.8. The summed E-state index contributed by atoms with van der Waals surface area (Å²) in [5, 5.41) is 20.7. The number of amides is 2. The maximum absolute atomic E-state index is 13.2. The van der Waals surface area contributed by atoms with Gasteiger partial charge in [-0.05, 0) is 0 Å². The Balaban J connectivity index is 2.80. The summed E-state index contributed by atoms with van der Waals surface area (Å²) >= 11 is 0. The van der Waals surface area contributed by atoms with Crippen molar-refractivity contribution in [1.29, 1.82) is 0 Å². The first-order valence-electron chi connectivity index (χ1n) is 4.91. The van der Waals surface area contributed by atoms with Gasteiger partial charge in [0.05, 0.1) is 12.3 Å². The molecule has 0 heterocycles. The van der Waals surface area contributed by atoms with Gasteiger partial charge in [-0.3, -0.25) is 0 Å². The molecule has 0 fully saturated rings. The molecular formula is C10H9F3N2O4. The summed E-state index contributed by atoms with van der Waals surface area (Å²) in [6.07, 6.45) is 0. The van der Waals surface area contributed by atoms with E-state index in [-0.39, 0.29) is 6.07 Å². The minimum absolute atomic E-state index is 0.284. The number of nitrogens with one attached hydrogen (secondary N) is 2. The van der Waals surface area contributed by atoms with E-state index in [4.69, 9.17) is 10.2 Å². The molecule has 1 unspecified atom stereocenters. The fraction of sp³-hybridized carbons (Fsp3) is 0.200. The van der Waals surface area contributed by atoms with Crippen LogP contribution in [0.1, 0.15) is 0 Å². The quantitative estimate of drug-likeness (QED) is 0.608. The third-order valence-electron chi connectivity index (χ3n) is 2.03. The molecular weight excluding hydrogens is 269 g/mol. The van der Waals surface area contributed by atoms with E-state index < -0.39 is 47.8 Å². The Hall–Kier alpha value is -2.29. The van der Waals surface area contributed by atoms with Crippen molar-refractivity contribution in [3.05, 3.63) is 29.6 Å². The molecule has 6 nitrogen and oxygen atoms in total. The van der Waals surface area contributed by atoms with Crippen molar-refractivity contribution < 1.29 is 33.0 Å². The van der Waals surface area contributed by atoms with Crippen molar-refractivity contribution >= 4 is 17.7 Å². The van der Waals surface area contributed by atoms with Gasteiger partial charge in [-0.15, -0.1) is 0 Å². The molecule has 9 heteroatoms. The van der Waals surface area contributed by atoms with Crippen molar-refractivity contribution in [3.63, 3.8) is 0 Å². The topological polar surface area (TPSA) is 98.7 Å². The van der Waals surface area contributed by atoms with Gasteiger partial charge in [-0.2, -0.15) is 0 Å². The summed E-state index contributed by atoms with van der Waals surface area (Å²) in [6.45, 7) is -0.900. The first kappa shape index (κ1) is 14.8. The molecule has 0 bridgehead atoms. The number of rotatable bonds is 4. The van der Waals surface area contributed by atoms with Gasteiger partial charge in [0.2, 0.25) is 0 Å². The zero-order valence-corrected chi connectivity index (χ0v) is 9.28. The number of carboxylic acids is 1. The van der Waals surface area contributed by atoms with E-state index in [1.54, 1.807) is 10.6 Å². The van der Waals surface area contributed by atoms with Crippen molar-refractivity contribution in [2.75, 3.05) is 11.9 Å². The molecule has 0 aromatic heterocycles. The first-order valence-corrected chi connectivity index (χ1v) is 4.91. The van der Waals surface area contributed by atoms with Crippen LogP contribution in [0.5, 0.6) is 0 Å². The van der Waals surface area contributed by atoms with E-state index in [2.05, 4.69) is 0 Å². The van der Waals surface area contributed by atoms with Crippen molar-refractivity contribution in [1.82, 2.24) is 5.32 Å². The number of hydrogen-bond acceptors (Lipinski definition) is 3. The van der Waals surface area contributed by atoms with Crippen LogP contribution in [-0.2, 0) is 4.79 Å². The Kier molecular flexibility index (Phi) is 4.70. The van der Waals surface area contributed by atoms with Crippen LogP contribution in [0.15, 0.2) is 12.1 Å². The van der Waals surface area contributed by atoms with Crippen LogP contribution in [0.4, 0.5) is 23.7 Å². The SMILES string of the molecule is O=C(Nc1cc(F)cc(F)c1F)NC(CO)C(=O)O. The van der Waals surface area contributed by atoms with Crippen molar-refractivity contribution in [2.24, 2.45) is 0 Å². The van der Waals surface area contributed by atoms with Crippen LogP contribution >= 0.6 is 0 Å². The highest BCUT2D eigenvalue weighted by molar-refractivity contribution is 5.92. The maximum Gasteiger partial charge on any atom is 0.328 e. The summed E-state index contributed by atoms with van der Waals surface area (Å²) in [4.78, 5) is 21.7. The lowest BCUT2D eigenvalue weighted by molar-refractivity contribution is -0.140. The van der Waals surface area contributed by atoms with Crippen molar-refractivity contribution in [2.45, 2.75) is 6.04 Å². The number of carbonyl (C=O) groups excluding carboxylic acids is 1. The van der Waals surface area contributed by atoms with Crippen LogP contribution in [0.3, 0.4) is 0 Å². The molecule has 0 spiro atoms. The second kappa shape index (κ2) is 6.05. The number of hydrogen-bond donors (Lipinski definition) is 4. The summed E-state index contributed by atoms with van der Waals surface area (Å²) in [5.41, 5.74) is -0.794. The molecule has 0 aliphatic carbocycles. The Labute approximate surface area is 104 Å². The second-order valence-corrected chi connectivity index (χ2v) is 3.42. The zero-order chi connectivity index (χ0) is 14.6. The second-order valence-electron chi connectivity index (χ2n) is 3.42. The third kappa shape index (κ3) is 3.85. The van der Waals surface area contributed by atoms with Gasteiger partial charge in [-0.25, -0.2) is 22.8 Å². The maximum atomic E-state index is 13.2. The molecule has 1 aromatic carbocycles. The van der Waals surface area contributed by atoms with E-state index in [0.29, 0.717) is 6.07 Å². The molecule has 0 radical (unpaired) electrons. The average Bonchev–Trinajstić information content (AvgIpc) is 2.32. The zero-order valence-electron chi connectivity index (χ0n) is 9.28. The van der Waals surface area contributed by atoms with Gasteiger partial charge in [0, 0.05) is 12.1 Å². The molecule has 1 aromatic rings. The van der Waals surface area contributed by atoms with Gasteiger partial charge < -0.3 is 20.8 Å². The lowest BCUT2D eigenvalue weighted by Gasteiger charge is -2.13. The van der Waals surface area contributed by atoms with Crippen LogP contribution in [0, 0.1) is 17.5 Å². The first-order chi connectivity index (χ1) is 8.85. The normalized spacial score (nSPS) is 11.8. The van der Waals surface area contributed by atoms with Gasteiger partial charge in [-0.1, -0.05) is 0 Å². The fourth-order valence-corrected chi connectivity index (χ4v) is 1.15. The van der Waals surface area contributed by atoms with Crippen LogP contribution in [0.25, 0.3) is 0 Å². The molecule has 0 saturated carbocycles. The molecule has 104 valence electrons. The number of anilines is 1. The number of halogens is 3. The van der Waals surface area contributed by atoms with Crippen molar-refractivity contribution in [3.8, 4) is 0 Å². The minimum atomic E-state index is -1.62. The Morgan fingerprint density at radius 3 is 2.42 bits per heavy atom. The Morgan fingerprint density at radius 1 is 1.26 bits per heavy atom. The van der Waals surface area contributed by atoms with Gasteiger partial charge >= 0.3 is 12.0 Å². The smallest absolute Gasteiger partial charge is 0.328 e. The Bertz CT molecular complexity index is 510. The standard InChI is InChI=1S/C10H9F3N2O4/c11-4-1-5(12)8(13)6(2-4)14-10(19)15-7(3-16)9(17)18/h1-2,7,16H,3H2,(H,17,18)(H2,14,15,19). The predicted octanol–water partition coefficient (Wildman–Crippen LogP) is 0.671. The Morgan fingerprint density at radius 2 is 1.89 bits per heavy atom. The average molecular weight is 278 g/mol. The van der Waals surface area contributed by atoms with E-state index >= 15 is 0 Å². The number of carbonyl (C=O) groups is 2. The molecule has 1 rings (SSSR count). The molecule has 0 saturated heterocycles. The van der Waals surface area contributed by atoms with Crippen LogP contribution < -0.4 is 10.6 Å². The molecule has 0 aliphatic heterocycles. The van der Waals surface area contributed by atoms with Gasteiger partial charge in [0.15, 0.2) is 17.7 Å². The van der Waals surface area contributed by atoms with Gasteiger partial charge in [0.25, 0.3) is 0 Å². The molecule has 4 N–H and O–H groups in total. The predicted molar refractivity (Wildman–Crippen MR) is 57.0 cm³/mol. The highest BCUT2D eigenvalue weighted by atomic mass is 19.2. The monoisotopic (exact) mass is 278 g/mol. The number of aliphatic carboxylic acids is 1. The lowest BCUT2D eigenvalue weighted by Crippen LogP contribution is -2.45. The number of aliphatic hydroxyl groups excluding tert-OH is 1. The number of aliphatic hydroxyl groups is 1. The van der Waals surface area contributed by atoms with E-state index in [9.17, 15) is 22.8 Å². The van der Waals surface area contributed by atoms with E-state index in [1.165, 1.54) is 0 Å². The van der Waals surface area contributed by atoms with E-state index in [0.717, 1.165) is 0 Å². The highest BCUT2D eigenvalue weighted by Crippen LogP contribution is 2.18. The largest absolute Gasteiger partial charge is 0.480 e. The highest BCUT2D eigenvalue weighted by Gasteiger charge is 2.20. The van der Waals surface area contributed by atoms with Crippen LogP contribution in [-0.4, -0.2) is 34.9 Å². The summed E-state index contributed by atoms with van der Waals surface area (Å²) in [6, 6.07) is -2.05. The van der Waals surface area contributed by atoms with Crippen LogP contribution in [0.2, 0.25) is 0 Å². The molecule has 1 atom stereocenters. The summed E-state index contributed by atoms with van der Waals surface area (Å²) in [5.74, 6) is -5.64. The molecule has 19 heavy (non-hydrogen) atoms. The number of carboxylic acid groups (broad SMARTS) is 1. The van der Waals surface area contributed by atoms with E-state index in [1.807, 2.05) is 0 Å². The molecule has 2 amide bonds. The fourth-order valence-electron chi connectivity index (χ4n) is 1.15. The number of urea groups is 1. The molecule has 0 aliphatic rings. The number of benzene rings is 1. The summed E-state index contributed by atoms with van der Waals surface area (Å²) in [7, 11) is 0.